The molecule has 0 bridgehead atoms. The summed E-state index contributed by atoms with van der Waals surface area (Å²) in [5.74, 6) is -1.38. The van der Waals surface area contributed by atoms with Crippen LogP contribution in [0.25, 0.3) is 11.5 Å². The molecule has 1 amide bonds. The van der Waals surface area contributed by atoms with Gasteiger partial charge in [0.25, 0.3) is 0 Å². The van der Waals surface area contributed by atoms with Crippen LogP contribution in [0.2, 0.25) is 0 Å². The number of amides is 1. The third-order valence-electron chi connectivity index (χ3n) is 4.28. The van der Waals surface area contributed by atoms with Crippen molar-refractivity contribution in [1.82, 2.24) is 14.7 Å². The molecule has 0 spiro atoms. The van der Waals surface area contributed by atoms with Crippen molar-refractivity contribution in [3.63, 3.8) is 0 Å². The fourth-order valence-electron chi connectivity index (χ4n) is 2.63. The quantitative estimate of drug-likeness (QED) is 0.653. The molecule has 0 aliphatic carbocycles. The van der Waals surface area contributed by atoms with Crippen LogP contribution in [0, 0.1) is 5.82 Å². The normalized spacial score (nSPS) is 10.7. The van der Waals surface area contributed by atoms with E-state index >= 15 is 0 Å². The molecular weight excluding hydrogens is 363 g/mol. The molecule has 7 nitrogen and oxygen atoms in total. The summed E-state index contributed by atoms with van der Waals surface area (Å²) in [6, 6.07) is 13.3. The van der Waals surface area contributed by atoms with E-state index in [9.17, 15) is 14.0 Å². The van der Waals surface area contributed by atoms with Gasteiger partial charge in [-0.3, -0.25) is 4.79 Å². The van der Waals surface area contributed by atoms with Crippen molar-refractivity contribution < 1.29 is 13.6 Å². The van der Waals surface area contributed by atoms with Gasteiger partial charge in [0.15, 0.2) is 0 Å². The summed E-state index contributed by atoms with van der Waals surface area (Å²) < 4.78 is 19.1. The van der Waals surface area contributed by atoms with Gasteiger partial charge in [0.1, 0.15) is 12.4 Å². The van der Waals surface area contributed by atoms with Gasteiger partial charge in [-0.05, 0) is 42.0 Å². The van der Waals surface area contributed by atoms with Crippen molar-refractivity contribution in [1.29, 1.82) is 0 Å². The van der Waals surface area contributed by atoms with Gasteiger partial charge in [-0.15, -0.1) is 5.10 Å². The molecule has 0 radical (unpaired) electrons. The van der Waals surface area contributed by atoms with Crippen LogP contribution in [0.4, 0.5) is 10.1 Å². The van der Waals surface area contributed by atoms with E-state index in [0.29, 0.717) is 12.1 Å². The zero-order valence-corrected chi connectivity index (χ0v) is 15.9. The first-order valence-electron chi connectivity index (χ1n) is 8.67. The average Bonchev–Trinajstić information content (AvgIpc) is 3.03. The summed E-state index contributed by atoms with van der Waals surface area (Å²) in [5, 5.41) is 4.03. The monoisotopic (exact) mass is 384 g/mol. The highest BCUT2D eigenvalue weighted by Gasteiger charge is 2.16. The van der Waals surface area contributed by atoms with E-state index in [4.69, 9.17) is 4.42 Å². The van der Waals surface area contributed by atoms with E-state index < -0.39 is 11.6 Å². The lowest BCUT2D eigenvalue weighted by Crippen LogP contribution is -2.33. The molecule has 0 aliphatic heterocycles. The first kappa shape index (κ1) is 19.3. The SMILES string of the molecule is CN(Cc1ccc(N(C)C)cc1)C(=O)Cn1nc(-c2ccc(F)cc2)oc1=O. The molecule has 0 atom stereocenters. The lowest BCUT2D eigenvalue weighted by atomic mass is 10.2. The number of likely N-dealkylation sites (N-methyl/N-ethyl adjacent to an activating group) is 1. The molecule has 1 aromatic heterocycles. The van der Waals surface area contributed by atoms with E-state index in [2.05, 4.69) is 5.10 Å². The Morgan fingerprint density at radius 2 is 1.71 bits per heavy atom. The molecule has 0 aliphatic rings. The molecular formula is C20H21FN4O3. The highest BCUT2D eigenvalue weighted by Crippen LogP contribution is 2.16. The molecule has 0 fully saturated rings. The minimum Gasteiger partial charge on any atom is -0.388 e. The Hall–Kier alpha value is -3.42. The molecule has 2 aromatic carbocycles. The summed E-state index contributed by atoms with van der Waals surface area (Å²) in [5.41, 5.74) is 2.50. The number of aromatic nitrogens is 2. The Morgan fingerprint density at radius 3 is 2.32 bits per heavy atom. The number of nitrogens with zero attached hydrogens (tertiary/aromatic N) is 4. The maximum Gasteiger partial charge on any atom is 0.437 e. The maximum atomic E-state index is 13.0. The van der Waals surface area contributed by atoms with Crippen molar-refractivity contribution in [2.24, 2.45) is 0 Å². The zero-order valence-electron chi connectivity index (χ0n) is 15.9. The lowest BCUT2D eigenvalue weighted by molar-refractivity contribution is -0.131. The largest absolute Gasteiger partial charge is 0.437 e. The van der Waals surface area contributed by atoms with Crippen molar-refractivity contribution in [2.75, 3.05) is 26.0 Å². The minimum absolute atomic E-state index is 0.0414. The fraction of sp³-hybridized carbons (Fsp3) is 0.250. The molecule has 0 saturated carbocycles. The number of benzene rings is 2. The van der Waals surface area contributed by atoms with E-state index in [0.717, 1.165) is 15.9 Å². The number of hydrogen-bond donors (Lipinski definition) is 0. The Morgan fingerprint density at radius 1 is 1.07 bits per heavy atom. The summed E-state index contributed by atoms with van der Waals surface area (Å²) >= 11 is 0. The summed E-state index contributed by atoms with van der Waals surface area (Å²) in [6.45, 7) is 0.166. The second-order valence-electron chi connectivity index (χ2n) is 6.65. The van der Waals surface area contributed by atoms with Gasteiger partial charge < -0.3 is 14.2 Å². The predicted octanol–water partition coefficient (Wildman–Crippen LogP) is 2.37. The number of anilines is 1. The molecule has 28 heavy (non-hydrogen) atoms. The van der Waals surface area contributed by atoms with Gasteiger partial charge in [0.05, 0.1) is 0 Å². The molecule has 3 rings (SSSR count). The van der Waals surface area contributed by atoms with Crippen LogP contribution < -0.4 is 10.7 Å². The fourth-order valence-corrected chi connectivity index (χ4v) is 2.63. The molecule has 0 saturated heterocycles. The molecule has 146 valence electrons. The van der Waals surface area contributed by atoms with Crippen molar-refractivity contribution in [2.45, 2.75) is 13.1 Å². The van der Waals surface area contributed by atoms with Gasteiger partial charge >= 0.3 is 5.76 Å². The van der Waals surface area contributed by atoms with Gasteiger partial charge in [-0.2, -0.15) is 4.68 Å². The first-order valence-corrected chi connectivity index (χ1v) is 8.67. The van der Waals surface area contributed by atoms with Crippen molar-refractivity contribution >= 4 is 11.6 Å². The second-order valence-corrected chi connectivity index (χ2v) is 6.65. The van der Waals surface area contributed by atoms with Crippen LogP contribution >= 0.6 is 0 Å². The van der Waals surface area contributed by atoms with E-state index in [1.807, 2.05) is 43.3 Å². The highest BCUT2D eigenvalue weighted by molar-refractivity contribution is 5.75. The first-order chi connectivity index (χ1) is 13.3. The maximum absolute atomic E-state index is 13.0. The van der Waals surface area contributed by atoms with Crippen LogP contribution in [0.3, 0.4) is 0 Å². The Labute approximate surface area is 161 Å². The van der Waals surface area contributed by atoms with E-state index in [-0.39, 0.29) is 18.3 Å². The Kier molecular flexibility index (Phi) is 5.58. The van der Waals surface area contributed by atoms with Crippen LogP contribution in [-0.2, 0) is 17.9 Å². The highest BCUT2D eigenvalue weighted by atomic mass is 19.1. The van der Waals surface area contributed by atoms with Gasteiger partial charge in [-0.1, -0.05) is 12.1 Å². The van der Waals surface area contributed by atoms with Crippen LogP contribution in [0.5, 0.6) is 0 Å². The van der Waals surface area contributed by atoms with Crippen LogP contribution in [0.1, 0.15) is 5.56 Å². The lowest BCUT2D eigenvalue weighted by Gasteiger charge is -2.18. The van der Waals surface area contributed by atoms with Gasteiger partial charge in [0, 0.05) is 38.9 Å². The molecule has 3 aromatic rings. The molecule has 0 N–H and O–H groups in total. The molecule has 0 unspecified atom stereocenters. The summed E-state index contributed by atoms with van der Waals surface area (Å²) in [6.07, 6.45) is 0. The topological polar surface area (TPSA) is 71.6 Å². The van der Waals surface area contributed by atoms with Crippen molar-refractivity contribution in [3.05, 3.63) is 70.5 Å². The minimum atomic E-state index is -0.739. The number of hydrogen-bond acceptors (Lipinski definition) is 5. The van der Waals surface area contributed by atoms with Crippen molar-refractivity contribution in [3.8, 4) is 11.5 Å². The van der Waals surface area contributed by atoms with E-state index in [1.54, 1.807) is 7.05 Å². The van der Waals surface area contributed by atoms with Gasteiger partial charge in [-0.25, -0.2) is 9.18 Å². The standard InChI is InChI=1S/C20H21FN4O3/c1-23(2)17-10-4-14(5-11-17)12-24(3)18(26)13-25-20(27)28-19(22-25)15-6-8-16(21)9-7-15/h4-11H,12-13H2,1-3H3. The zero-order chi connectivity index (χ0) is 20.3. The van der Waals surface area contributed by atoms with E-state index in [1.165, 1.54) is 29.2 Å². The summed E-state index contributed by atoms with van der Waals surface area (Å²) in [7, 11) is 5.58. The van der Waals surface area contributed by atoms with Crippen LogP contribution in [0.15, 0.2) is 57.7 Å². The number of carbonyl (C=O) groups excluding carboxylic acids is 1. The second kappa shape index (κ2) is 8.08. The Bertz CT molecular complexity index is 1010. The summed E-state index contributed by atoms with van der Waals surface area (Å²) in [4.78, 5) is 28.0. The number of halogens is 1. The predicted molar refractivity (Wildman–Crippen MR) is 103 cm³/mol. The van der Waals surface area contributed by atoms with Gasteiger partial charge in [0.2, 0.25) is 11.8 Å². The third-order valence-corrected chi connectivity index (χ3v) is 4.28. The molecule has 1 heterocycles. The Balaban J connectivity index is 1.67. The molecule has 8 heteroatoms. The third kappa shape index (κ3) is 4.46. The number of carbonyl (C=O) groups is 1. The average molecular weight is 384 g/mol. The van der Waals surface area contributed by atoms with Crippen LogP contribution in [-0.4, -0.2) is 41.7 Å². The number of rotatable bonds is 6. The smallest absolute Gasteiger partial charge is 0.388 e.